The summed E-state index contributed by atoms with van der Waals surface area (Å²) < 4.78 is 0. The Bertz CT molecular complexity index is 1250. The van der Waals surface area contributed by atoms with Gasteiger partial charge in [0.25, 0.3) is 0 Å². The largest absolute Gasteiger partial charge is 0.366 e. The molecule has 36 heavy (non-hydrogen) atoms. The molecule has 3 aromatic rings. The molecule has 0 bridgehead atoms. The molecule has 0 atom stereocenters. The number of hydrogen-bond acceptors (Lipinski definition) is 2. The fourth-order valence-electron chi connectivity index (χ4n) is 5.23. The Morgan fingerprint density at radius 2 is 0.917 bits per heavy atom. The van der Waals surface area contributed by atoms with Crippen LogP contribution in [0, 0.1) is 0 Å². The summed E-state index contributed by atoms with van der Waals surface area (Å²) in [5.41, 5.74) is 20.5. The average molecular weight is 485 g/mol. The van der Waals surface area contributed by atoms with E-state index in [1.165, 1.54) is 11.1 Å². The fraction of sp³-hybridized carbons (Fsp3) is 0.375. The van der Waals surface area contributed by atoms with Crippen molar-refractivity contribution in [3.63, 3.8) is 0 Å². The quantitative estimate of drug-likeness (QED) is 0.343. The Morgan fingerprint density at radius 1 is 0.528 bits per heavy atom. The van der Waals surface area contributed by atoms with Crippen molar-refractivity contribution in [2.45, 2.75) is 79.1 Å². The summed E-state index contributed by atoms with van der Waals surface area (Å²) in [7, 11) is 0. The van der Waals surface area contributed by atoms with Crippen LogP contribution in [0.5, 0.6) is 0 Å². The summed E-state index contributed by atoms with van der Waals surface area (Å²) in [6.07, 6.45) is 0. The van der Waals surface area contributed by atoms with Gasteiger partial charge in [-0.05, 0) is 68.7 Å². The smallest absolute Gasteiger partial charge is 0.250 e. The first-order valence-corrected chi connectivity index (χ1v) is 12.9. The summed E-state index contributed by atoms with van der Waals surface area (Å²) in [5, 5.41) is 0. The van der Waals surface area contributed by atoms with Gasteiger partial charge in [-0.25, -0.2) is 0 Å². The number of nitrogens with two attached hydrogens (primary N) is 2. The highest BCUT2D eigenvalue weighted by molar-refractivity contribution is 6.13. The lowest BCUT2D eigenvalue weighted by Gasteiger charge is -2.27. The molecule has 4 heteroatoms. The Kier molecular flexibility index (Phi) is 8.08. The van der Waals surface area contributed by atoms with Crippen LogP contribution in [0.3, 0.4) is 0 Å². The predicted molar refractivity (Wildman–Crippen MR) is 151 cm³/mol. The second kappa shape index (κ2) is 10.7. The summed E-state index contributed by atoms with van der Waals surface area (Å²) >= 11 is 0. The molecule has 0 radical (unpaired) electrons. The fourth-order valence-corrected chi connectivity index (χ4v) is 5.23. The number of benzene rings is 3. The second-order valence-corrected chi connectivity index (χ2v) is 10.9. The first-order valence-electron chi connectivity index (χ1n) is 12.9. The van der Waals surface area contributed by atoms with E-state index in [1.54, 1.807) is 6.07 Å². The van der Waals surface area contributed by atoms with Gasteiger partial charge in [0.05, 0.1) is 11.1 Å². The van der Waals surface area contributed by atoms with Gasteiger partial charge in [0.15, 0.2) is 0 Å². The minimum absolute atomic E-state index is 0.155. The van der Waals surface area contributed by atoms with E-state index in [0.29, 0.717) is 5.56 Å². The number of hydrogen-bond donors (Lipinski definition) is 2. The molecule has 0 unspecified atom stereocenters. The first kappa shape index (κ1) is 27.2. The van der Waals surface area contributed by atoms with E-state index < -0.39 is 11.8 Å². The topological polar surface area (TPSA) is 86.2 Å². The van der Waals surface area contributed by atoms with Gasteiger partial charge in [-0.3, -0.25) is 9.59 Å². The molecule has 0 spiro atoms. The van der Waals surface area contributed by atoms with Crippen molar-refractivity contribution in [3.8, 4) is 22.3 Å². The van der Waals surface area contributed by atoms with Crippen LogP contribution in [0.4, 0.5) is 0 Å². The first-order chi connectivity index (χ1) is 16.9. The number of carbonyl (C=O) groups is 2. The zero-order valence-corrected chi connectivity index (χ0v) is 22.9. The van der Waals surface area contributed by atoms with E-state index >= 15 is 0 Å². The molecule has 0 aliphatic carbocycles. The lowest BCUT2D eigenvalue weighted by molar-refractivity contribution is 0.0968. The third-order valence-electron chi connectivity index (χ3n) is 6.98. The molecule has 0 fully saturated rings. The number of carbonyl (C=O) groups excluding carboxylic acids is 2. The van der Waals surface area contributed by atoms with Crippen LogP contribution < -0.4 is 11.5 Å². The van der Waals surface area contributed by atoms with Gasteiger partial charge in [0.1, 0.15) is 0 Å². The molecule has 0 saturated heterocycles. The molecular weight excluding hydrogens is 444 g/mol. The van der Waals surface area contributed by atoms with Crippen molar-refractivity contribution >= 4 is 11.8 Å². The van der Waals surface area contributed by atoms with Crippen LogP contribution in [0.15, 0.2) is 48.5 Å². The van der Waals surface area contributed by atoms with Gasteiger partial charge >= 0.3 is 0 Å². The Balaban J connectivity index is 2.71. The Morgan fingerprint density at radius 3 is 1.25 bits per heavy atom. The zero-order chi connectivity index (χ0) is 26.9. The van der Waals surface area contributed by atoms with Crippen LogP contribution in [0.25, 0.3) is 22.3 Å². The molecule has 0 aliphatic heterocycles. The van der Waals surface area contributed by atoms with Crippen molar-refractivity contribution in [1.29, 1.82) is 0 Å². The Labute approximate surface area is 216 Å². The molecule has 3 aromatic carbocycles. The summed E-state index contributed by atoms with van der Waals surface area (Å²) in [4.78, 5) is 25.7. The van der Waals surface area contributed by atoms with E-state index in [0.717, 1.165) is 27.8 Å². The van der Waals surface area contributed by atoms with Gasteiger partial charge < -0.3 is 11.5 Å². The summed E-state index contributed by atoms with van der Waals surface area (Å²) in [5.74, 6) is -0.426. The Hall–Kier alpha value is -3.40. The number of amides is 2. The average Bonchev–Trinajstić information content (AvgIpc) is 2.81. The highest BCUT2D eigenvalue weighted by atomic mass is 16.2. The third-order valence-corrected chi connectivity index (χ3v) is 6.98. The SMILES string of the molecule is CC(C)c1cccc(C(C)C)c1-c1ccc(C(N)=O)c(C(N)=O)c1-c1c(C(C)C)cccc1C(C)C. The van der Waals surface area contributed by atoms with Gasteiger partial charge in [0.2, 0.25) is 11.8 Å². The van der Waals surface area contributed by atoms with Gasteiger partial charge in [-0.15, -0.1) is 0 Å². The van der Waals surface area contributed by atoms with E-state index in [1.807, 2.05) is 6.07 Å². The van der Waals surface area contributed by atoms with E-state index in [4.69, 9.17) is 11.5 Å². The molecule has 0 aromatic heterocycles. The summed E-state index contributed by atoms with van der Waals surface area (Å²) in [6, 6.07) is 16.3. The summed E-state index contributed by atoms with van der Waals surface area (Å²) in [6.45, 7) is 17.3. The van der Waals surface area contributed by atoms with E-state index in [9.17, 15) is 9.59 Å². The van der Waals surface area contributed by atoms with Crippen molar-refractivity contribution in [3.05, 3.63) is 81.9 Å². The van der Waals surface area contributed by atoms with E-state index in [-0.39, 0.29) is 34.8 Å². The lowest BCUT2D eigenvalue weighted by atomic mass is 9.76. The van der Waals surface area contributed by atoms with Gasteiger partial charge in [-0.1, -0.05) is 97.9 Å². The van der Waals surface area contributed by atoms with Gasteiger partial charge in [-0.2, -0.15) is 0 Å². The third kappa shape index (κ3) is 4.95. The minimum Gasteiger partial charge on any atom is -0.366 e. The monoisotopic (exact) mass is 484 g/mol. The number of rotatable bonds is 8. The maximum atomic E-state index is 13.1. The van der Waals surface area contributed by atoms with E-state index in [2.05, 4.69) is 91.8 Å². The van der Waals surface area contributed by atoms with Crippen LogP contribution >= 0.6 is 0 Å². The van der Waals surface area contributed by atoms with Crippen molar-refractivity contribution in [2.75, 3.05) is 0 Å². The standard InChI is InChI=1S/C32H40N2O2/c1-17(2)21-11-9-12-22(18(3)4)27(21)25-15-16-26(31(33)35)30(32(34)36)29(25)28-23(19(5)6)13-10-14-24(28)20(7)8/h9-20H,1-8H3,(H2,33,35)(H2,34,36). The zero-order valence-electron chi connectivity index (χ0n) is 22.9. The van der Waals surface area contributed by atoms with Crippen molar-refractivity contribution < 1.29 is 9.59 Å². The molecule has 3 rings (SSSR count). The van der Waals surface area contributed by atoms with Crippen LogP contribution in [-0.4, -0.2) is 11.8 Å². The number of primary amides is 2. The minimum atomic E-state index is -0.661. The molecule has 4 N–H and O–H groups in total. The van der Waals surface area contributed by atoms with Crippen LogP contribution in [-0.2, 0) is 0 Å². The molecule has 2 amide bonds. The normalized spacial score (nSPS) is 11.7. The van der Waals surface area contributed by atoms with Crippen LogP contribution in [0.2, 0.25) is 0 Å². The lowest BCUT2D eigenvalue weighted by Crippen LogP contribution is -2.22. The molecule has 0 aliphatic rings. The highest BCUT2D eigenvalue weighted by Gasteiger charge is 2.29. The highest BCUT2D eigenvalue weighted by Crippen LogP contribution is 2.47. The van der Waals surface area contributed by atoms with Crippen molar-refractivity contribution in [2.24, 2.45) is 11.5 Å². The molecule has 0 heterocycles. The molecule has 4 nitrogen and oxygen atoms in total. The second-order valence-electron chi connectivity index (χ2n) is 10.9. The maximum absolute atomic E-state index is 13.1. The maximum Gasteiger partial charge on any atom is 0.250 e. The predicted octanol–water partition coefficient (Wildman–Crippen LogP) is 7.71. The molecule has 0 saturated carbocycles. The molecular formula is C32H40N2O2. The molecule has 190 valence electrons. The van der Waals surface area contributed by atoms with Crippen LogP contribution in [0.1, 0.15) is 122 Å². The van der Waals surface area contributed by atoms with Crippen molar-refractivity contribution in [1.82, 2.24) is 0 Å². The van der Waals surface area contributed by atoms with Gasteiger partial charge in [0, 0.05) is 5.56 Å².